The number of nitrogens with one attached hydrogen (secondary N) is 2. The van der Waals surface area contributed by atoms with Crippen LogP contribution in [0.2, 0.25) is 0 Å². The molecule has 0 radical (unpaired) electrons. The molecule has 1 aliphatic rings. The molecule has 1 aliphatic heterocycles. The molecule has 0 saturated carbocycles. The van der Waals surface area contributed by atoms with E-state index in [2.05, 4.69) is 25.9 Å². The fourth-order valence-electron chi connectivity index (χ4n) is 5.98. The smallest absolute Gasteiger partial charge is 0.493 e. The van der Waals surface area contributed by atoms with Gasteiger partial charge >= 0.3 is 12.1 Å². The second kappa shape index (κ2) is 12.3. The Kier molecular flexibility index (Phi) is 8.26. The van der Waals surface area contributed by atoms with Gasteiger partial charge in [0.25, 0.3) is 5.91 Å². The number of benzene rings is 3. The average molecular weight is 693 g/mol. The van der Waals surface area contributed by atoms with E-state index in [1.165, 1.54) is 28.4 Å². The van der Waals surface area contributed by atoms with Crippen molar-refractivity contribution in [2.75, 3.05) is 45.2 Å². The van der Waals surface area contributed by atoms with Gasteiger partial charge in [0.2, 0.25) is 5.75 Å². The van der Waals surface area contributed by atoms with Crippen molar-refractivity contribution in [1.82, 2.24) is 9.97 Å². The van der Waals surface area contributed by atoms with Gasteiger partial charge in [-0.1, -0.05) is 34.1 Å². The highest BCUT2D eigenvalue weighted by Crippen LogP contribution is 2.49. The molecule has 1 amide bonds. The first-order valence-corrected chi connectivity index (χ1v) is 15.3. The number of aromatic nitrogens is 2. The van der Waals surface area contributed by atoms with Crippen molar-refractivity contribution in [2.45, 2.75) is 12.8 Å². The highest BCUT2D eigenvalue weighted by Gasteiger charge is 2.38. The largest absolute Gasteiger partial charge is 0.519 e. The molecule has 0 saturated heterocycles. The first-order valence-electron chi connectivity index (χ1n) is 14.2. The molecule has 13 heteroatoms. The number of methoxy groups -OCH3 is 4. The number of aromatic amines is 2. The minimum absolute atomic E-state index is 0.0775. The van der Waals surface area contributed by atoms with Crippen molar-refractivity contribution in [3.63, 3.8) is 0 Å². The predicted molar refractivity (Wildman–Crippen MR) is 174 cm³/mol. The van der Waals surface area contributed by atoms with E-state index in [1.54, 1.807) is 60.4 Å². The summed E-state index contributed by atoms with van der Waals surface area (Å²) in [6.45, 7) is 2.00. The number of rotatable bonds is 8. The van der Waals surface area contributed by atoms with E-state index in [0.717, 1.165) is 5.56 Å². The van der Waals surface area contributed by atoms with Crippen LogP contribution in [-0.4, -0.2) is 68.3 Å². The molecule has 0 fully saturated rings. The van der Waals surface area contributed by atoms with Gasteiger partial charge < -0.3 is 43.3 Å². The number of hydrogen-bond acceptors (Lipinski definition) is 9. The van der Waals surface area contributed by atoms with Gasteiger partial charge in [-0.15, -0.1) is 0 Å². The Morgan fingerprint density at radius 2 is 1.63 bits per heavy atom. The topological polar surface area (TPSA) is 141 Å². The molecule has 3 aromatic carbocycles. The minimum Gasteiger partial charge on any atom is -0.493 e. The zero-order chi connectivity index (χ0) is 32.7. The summed E-state index contributed by atoms with van der Waals surface area (Å²) in [7, 11) is 5.82. The summed E-state index contributed by atoms with van der Waals surface area (Å²) in [5.74, 6) is 0.439. The number of alkyl halides is 1. The maximum absolute atomic E-state index is 14.3. The Balaban J connectivity index is 1.50. The third-order valence-corrected chi connectivity index (χ3v) is 8.74. The summed E-state index contributed by atoms with van der Waals surface area (Å²) in [5.41, 5.74) is 3.22. The number of esters is 1. The Morgan fingerprint density at radius 3 is 2.28 bits per heavy atom. The minimum atomic E-state index is -0.988. The van der Waals surface area contributed by atoms with Crippen LogP contribution in [0, 0.1) is 6.92 Å². The van der Waals surface area contributed by atoms with Gasteiger partial charge in [-0.2, -0.15) is 0 Å². The van der Waals surface area contributed by atoms with E-state index >= 15 is 0 Å². The Labute approximate surface area is 271 Å². The molecule has 0 bridgehead atoms. The lowest BCUT2D eigenvalue weighted by Crippen LogP contribution is -2.30. The van der Waals surface area contributed by atoms with E-state index in [-0.39, 0.29) is 35.4 Å². The van der Waals surface area contributed by atoms with Crippen LogP contribution in [0.4, 0.5) is 10.5 Å². The lowest BCUT2D eigenvalue weighted by Gasteiger charge is -2.18. The summed E-state index contributed by atoms with van der Waals surface area (Å²) in [6, 6.07) is 13.5. The quantitative estimate of drug-likeness (QED) is 0.106. The Bertz CT molecular complexity index is 2000. The predicted octanol–water partition coefficient (Wildman–Crippen LogP) is 6.49. The van der Waals surface area contributed by atoms with Crippen molar-refractivity contribution in [3.8, 4) is 28.7 Å². The van der Waals surface area contributed by atoms with Gasteiger partial charge in [-0.05, 0) is 36.8 Å². The summed E-state index contributed by atoms with van der Waals surface area (Å²) in [5, 5.41) is 1.65. The summed E-state index contributed by atoms with van der Waals surface area (Å²) >= 11 is 3.60. The molecule has 1 unspecified atom stereocenters. The number of amides is 1. The average Bonchev–Trinajstić information content (AvgIpc) is 3.76. The highest BCUT2D eigenvalue weighted by molar-refractivity contribution is 9.09. The molecule has 6 rings (SSSR count). The van der Waals surface area contributed by atoms with Crippen molar-refractivity contribution >= 4 is 61.5 Å². The maximum Gasteiger partial charge on any atom is 0.519 e. The third kappa shape index (κ3) is 5.06. The number of anilines is 1. The number of carbonyl (C=O) groups excluding carboxylic acids is 3. The first-order chi connectivity index (χ1) is 22.2. The lowest BCUT2D eigenvalue weighted by atomic mass is 9.95. The lowest BCUT2D eigenvalue weighted by molar-refractivity contribution is 0.0602. The van der Waals surface area contributed by atoms with Gasteiger partial charge in [0.05, 0.1) is 50.7 Å². The van der Waals surface area contributed by atoms with Crippen LogP contribution in [0.3, 0.4) is 0 Å². The SMILES string of the molecule is COC(=O)c1c(C)[nH]c2c(OC(=O)Oc3ccccc3)cc3c(c12)C(CBr)CN3C(=O)c1cc2cc(OC)c(OC)c(OC)c2[nH]1. The molecule has 3 heterocycles. The molecule has 0 aliphatic carbocycles. The molecular formula is C33H30BrN3O9. The van der Waals surface area contributed by atoms with Gasteiger partial charge in [0, 0.05) is 40.3 Å². The van der Waals surface area contributed by atoms with Crippen molar-refractivity contribution < 1.29 is 42.8 Å². The van der Waals surface area contributed by atoms with E-state index in [0.29, 0.717) is 61.5 Å². The molecule has 238 valence electrons. The number of carbonyl (C=O) groups is 3. The van der Waals surface area contributed by atoms with E-state index < -0.39 is 12.1 Å². The standard InChI is InChI=1S/C33H30BrN3O9/c1-16-24(32(39)44-5)26-25-18(14-34)15-37(21(25)13-22(28(26)35-16)46-33(40)45-19-9-7-6-8-10-19)31(38)20-11-17-12-23(41-2)29(42-3)30(43-4)27(17)36-20/h6-13,18,35-36H,14-15H2,1-5H3. The van der Waals surface area contributed by atoms with Crippen LogP contribution >= 0.6 is 15.9 Å². The van der Waals surface area contributed by atoms with Crippen molar-refractivity contribution in [1.29, 1.82) is 0 Å². The van der Waals surface area contributed by atoms with Gasteiger partial charge in [-0.25, -0.2) is 9.59 Å². The zero-order valence-electron chi connectivity index (χ0n) is 25.6. The van der Waals surface area contributed by atoms with Crippen LogP contribution in [0.1, 0.15) is 38.0 Å². The number of hydrogen-bond donors (Lipinski definition) is 2. The first kappa shape index (κ1) is 30.8. The van der Waals surface area contributed by atoms with Crippen LogP contribution in [-0.2, 0) is 4.74 Å². The monoisotopic (exact) mass is 691 g/mol. The van der Waals surface area contributed by atoms with E-state index in [9.17, 15) is 14.4 Å². The number of H-pyrrole nitrogens is 2. The van der Waals surface area contributed by atoms with Gasteiger partial charge in [0.15, 0.2) is 17.2 Å². The molecular weight excluding hydrogens is 662 g/mol. The fourth-order valence-corrected chi connectivity index (χ4v) is 6.51. The van der Waals surface area contributed by atoms with E-state index in [1.807, 2.05) is 0 Å². The van der Waals surface area contributed by atoms with Crippen LogP contribution in [0.25, 0.3) is 21.8 Å². The zero-order valence-corrected chi connectivity index (χ0v) is 27.2. The Morgan fingerprint density at radius 1 is 0.891 bits per heavy atom. The van der Waals surface area contributed by atoms with E-state index in [4.69, 9.17) is 28.4 Å². The molecule has 46 heavy (non-hydrogen) atoms. The second-order valence-corrected chi connectivity index (χ2v) is 11.1. The molecule has 1 atom stereocenters. The summed E-state index contributed by atoms with van der Waals surface area (Å²) in [4.78, 5) is 48.3. The molecule has 2 aromatic heterocycles. The van der Waals surface area contributed by atoms with Crippen LogP contribution in [0.15, 0.2) is 48.5 Å². The number of fused-ring (bicyclic) bond motifs is 4. The van der Waals surface area contributed by atoms with Crippen LogP contribution in [0.5, 0.6) is 28.7 Å². The number of aryl methyl sites for hydroxylation is 1. The molecule has 0 spiro atoms. The van der Waals surface area contributed by atoms with Crippen molar-refractivity contribution in [2.24, 2.45) is 0 Å². The number of ether oxygens (including phenoxy) is 6. The molecule has 5 aromatic rings. The Hall–Kier alpha value is -5.17. The van der Waals surface area contributed by atoms with Gasteiger partial charge in [-0.3, -0.25) is 4.79 Å². The second-order valence-electron chi connectivity index (χ2n) is 10.5. The number of nitrogens with zero attached hydrogens (tertiary/aromatic N) is 1. The molecule has 12 nitrogen and oxygen atoms in total. The summed E-state index contributed by atoms with van der Waals surface area (Å²) < 4.78 is 32.8. The number of halogens is 1. The molecule has 2 N–H and O–H groups in total. The normalized spacial score (nSPS) is 13.9. The maximum atomic E-state index is 14.3. The van der Waals surface area contributed by atoms with Gasteiger partial charge in [0.1, 0.15) is 11.4 Å². The fraction of sp³-hybridized carbons (Fsp3) is 0.242. The third-order valence-electron chi connectivity index (χ3n) is 7.96. The highest BCUT2D eigenvalue weighted by atomic mass is 79.9. The van der Waals surface area contributed by atoms with Crippen LogP contribution < -0.4 is 28.6 Å². The summed E-state index contributed by atoms with van der Waals surface area (Å²) in [6.07, 6.45) is -0.988. The number of para-hydroxylation sites is 1. The van der Waals surface area contributed by atoms with Crippen molar-refractivity contribution in [3.05, 3.63) is 71.0 Å².